The molecule has 0 aromatic heterocycles. The van der Waals surface area contributed by atoms with Gasteiger partial charge in [0.25, 0.3) is 5.91 Å². The lowest BCUT2D eigenvalue weighted by Crippen LogP contribution is -2.26. The number of ether oxygens (including phenoxy) is 1. The van der Waals surface area contributed by atoms with E-state index in [1.165, 1.54) is 12.0 Å². The molecular formula is C17H14N2O4. The van der Waals surface area contributed by atoms with Gasteiger partial charge >= 0.3 is 5.97 Å². The molecule has 0 spiro atoms. The smallest absolute Gasteiger partial charge is 0.369 e. The predicted octanol–water partition coefficient (Wildman–Crippen LogP) is 2.23. The van der Waals surface area contributed by atoms with Gasteiger partial charge < -0.3 is 14.5 Å². The van der Waals surface area contributed by atoms with Gasteiger partial charge in [-0.25, -0.2) is 4.79 Å². The summed E-state index contributed by atoms with van der Waals surface area (Å²) in [6.45, 7) is 0. The third-order valence-corrected chi connectivity index (χ3v) is 3.57. The van der Waals surface area contributed by atoms with Gasteiger partial charge in [-0.05, 0) is 18.2 Å². The summed E-state index contributed by atoms with van der Waals surface area (Å²) < 4.78 is 5.11. The zero-order chi connectivity index (χ0) is 16.4. The van der Waals surface area contributed by atoms with Gasteiger partial charge in [0.1, 0.15) is 11.3 Å². The van der Waals surface area contributed by atoms with Crippen LogP contribution in [0.25, 0.3) is 0 Å². The van der Waals surface area contributed by atoms with E-state index in [4.69, 9.17) is 9.57 Å². The van der Waals surface area contributed by atoms with Crippen molar-refractivity contribution < 1.29 is 19.2 Å². The number of hydrogen-bond donors (Lipinski definition) is 0. The first-order valence-electron chi connectivity index (χ1n) is 6.93. The number of anilines is 1. The van der Waals surface area contributed by atoms with Gasteiger partial charge in [0, 0.05) is 12.6 Å². The molecule has 0 aliphatic carbocycles. The van der Waals surface area contributed by atoms with E-state index in [9.17, 15) is 9.59 Å². The first-order valence-corrected chi connectivity index (χ1v) is 6.93. The largest absolute Gasteiger partial charge is 0.496 e. The van der Waals surface area contributed by atoms with Gasteiger partial charge in [-0.15, -0.1) is 0 Å². The SMILES string of the molecule is COc1ccccc1C(=O)O/N=C1\C(=O)N(C)c2ccccc21. The van der Waals surface area contributed by atoms with E-state index in [1.807, 2.05) is 6.07 Å². The monoisotopic (exact) mass is 310 g/mol. The summed E-state index contributed by atoms with van der Waals surface area (Å²) >= 11 is 0. The highest BCUT2D eigenvalue weighted by Crippen LogP contribution is 2.28. The number of carbonyl (C=O) groups is 2. The van der Waals surface area contributed by atoms with Crippen molar-refractivity contribution in [2.24, 2.45) is 5.16 Å². The average Bonchev–Trinajstić information content (AvgIpc) is 2.84. The van der Waals surface area contributed by atoms with Crippen LogP contribution in [0.5, 0.6) is 5.75 Å². The molecule has 0 fully saturated rings. The molecule has 0 unspecified atom stereocenters. The van der Waals surface area contributed by atoms with Crippen molar-refractivity contribution in [2.45, 2.75) is 0 Å². The summed E-state index contributed by atoms with van der Waals surface area (Å²) in [4.78, 5) is 30.8. The molecule has 23 heavy (non-hydrogen) atoms. The first-order chi connectivity index (χ1) is 11.1. The number of benzene rings is 2. The normalized spacial score (nSPS) is 14.8. The molecule has 0 bridgehead atoms. The maximum atomic E-state index is 12.2. The van der Waals surface area contributed by atoms with E-state index in [1.54, 1.807) is 49.5 Å². The lowest BCUT2D eigenvalue weighted by molar-refractivity contribution is -0.112. The van der Waals surface area contributed by atoms with Gasteiger partial charge in [-0.3, -0.25) is 4.79 Å². The third-order valence-electron chi connectivity index (χ3n) is 3.57. The number of rotatable bonds is 3. The van der Waals surface area contributed by atoms with Crippen LogP contribution < -0.4 is 9.64 Å². The summed E-state index contributed by atoms with van der Waals surface area (Å²) in [5.41, 5.74) is 1.70. The van der Waals surface area contributed by atoms with Crippen LogP contribution in [0.4, 0.5) is 5.69 Å². The maximum Gasteiger partial charge on any atom is 0.369 e. The van der Waals surface area contributed by atoms with Gasteiger partial charge in [-0.2, -0.15) is 0 Å². The number of nitrogens with zero attached hydrogens (tertiary/aromatic N) is 2. The van der Waals surface area contributed by atoms with Crippen LogP contribution in [-0.2, 0) is 9.63 Å². The van der Waals surface area contributed by atoms with E-state index in [-0.39, 0.29) is 17.2 Å². The van der Waals surface area contributed by atoms with Crippen molar-refractivity contribution in [3.05, 3.63) is 59.7 Å². The quantitative estimate of drug-likeness (QED) is 0.644. The highest BCUT2D eigenvalue weighted by atomic mass is 16.7. The van der Waals surface area contributed by atoms with Crippen LogP contribution >= 0.6 is 0 Å². The maximum absolute atomic E-state index is 12.2. The van der Waals surface area contributed by atoms with E-state index in [0.29, 0.717) is 11.3 Å². The van der Waals surface area contributed by atoms with Crippen molar-refractivity contribution in [3.63, 3.8) is 0 Å². The van der Waals surface area contributed by atoms with Crippen LogP contribution in [0, 0.1) is 0 Å². The molecule has 0 radical (unpaired) electrons. The topological polar surface area (TPSA) is 68.2 Å². The molecule has 1 amide bonds. The minimum absolute atomic E-state index is 0.103. The Morgan fingerprint density at radius 1 is 1.09 bits per heavy atom. The number of para-hydroxylation sites is 2. The lowest BCUT2D eigenvalue weighted by Gasteiger charge is -2.07. The second-order valence-corrected chi connectivity index (χ2v) is 4.90. The van der Waals surface area contributed by atoms with Crippen molar-refractivity contribution in [3.8, 4) is 5.75 Å². The number of amides is 1. The number of fused-ring (bicyclic) bond motifs is 1. The fourth-order valence-corrected chi connectivity index (χ4v) is 2.39. The van der Waals surface area contributed by atoms with Crippen molar-refractivity contribution in [1.29, 1.82) is 0 Å². The second kappa shape index (κ2) is 5.92. The van der Waals surface area contributed by atoms with E-state index in [2.05, 4.69) is 5.16 Å². The fraction of sp³-hybridized carbons (Fsp3) is 0.118. The standard InChI is InChI=1S/C17H14N2O4/c1-19-13-9-5-3-7-11(13)15(16(19)20)18-23-17(21)12-8-4-6-10-14(12)22-2/h3-10H,1-2H3/b18-15-. The van der Waals surface area contributed by atoms with Crippen molar-refractivity contribution >= 4 is 23.3 Å². The third kappa shape index (κ3) is 2.55. The van der Waals surface area contributed by atoms with Crippen LogP contribution in [0.2, 0.25) is 0 Å². The molecule has 0 atom stereocenters. The Morgan fingerprint density at radius 2 is 1.78 bits per heavy atom. The minimum Gasteiger partial charge on any atom is -0.496 e. The van der Waals surface area contributed by atoms with Gasteiger partial charge in [0.05, 0.1) is 12.8 Å². The van der Waals surface area contributed by atoms with Crippen LogP contribution in [-0.4, -0.2) is 31.7 Å². The van der Waals surface area contributed by atoms with E-state index in [0.717, 1.165) is 5.69 Å². The lowest BCUT2D eigenvalue weighted by atomic mass is 10.1. The van der Waals surface area contributed by atoms with Crippen molar-refractivity contribution in [1.82, 2.24) is 0 Å². The number of methoxy groups -OCH3 is 1. The molecule has 0 N–H and O–H groups in total. The minimum atomic E-state index is -0.685. The molecule has 2 aromatic rings. The first kappa shape index (κ1) is 14.8. The van der Waals surface area contributed by atoms with E-state index < -0.39 is 5.97 Å². The second-order valence-electron chi connectivity index (χ2n) is 4.90. The molecule has 0 saturated heterocycles. The Morgan fingerprint density at radius 3 is 2.57 bits per heavy atom. The number of likely N-dealkylation sites (N-methyl/N-ethyl adjacent to an activating group) is 1. The average molecular weight is 310 g/mol. The van der Waals surface area contributed by atoms with Gasteiger partial charge in [0.15, 0.2) is 5.71 Å². The molecule has 1 aliphatic rings. The Bertz CT molecular complexity index is 814. The Hall–Kier alpha value is -3.15. The molecule has 6 heteroatoms. The summed E-state index contributed by atoms with van der Waals surface area (Å²) in [5, 5.41) is 3.77. The number of hydrogen-bond acceptors (Lipinski definition) is 5. The van der Waals surface area contributed by atoms with Crippen molar-refractivity contribution in [2.75, 3.05) is 19.1 Å². The molecule has 2 aromatic carbocycles. The summed E-state index contributed by atoms with van der Waals surface area (Å²) in [7, 11) is 3.11. The summed E-state index contributed by atoms with van der Waals surface area (Å²) in [5.74, 6) is -0.623. The molecule has 116 valence electrons. The fourth-order valence-electron chi connectivity index (χ4n) is 2.39. The Balaban J connectivity index is 1.89. The molecule has 6 nitrogen and oxygen atoms in total. The molecular weight excluding hydrogens is 296 g/mol. The number of carbonyl (C=O) groups excluding carboxylic acids is 2. The zero-order valence-electron chi connectivity index (χ0n) is 12.6. The molecule has 0 saturated carbocycles. The van der Waals surface area contributed by atoms with Gasteiger partial charge in [0.2, 0.25) is 0 Å². The van der Waals surface area contributed by atoms with Crippen LogP contribution in [0.3, 0.4) is 0 Å². The summed E-state index contributed by atoms with van der Waals surface area (Å²) in [6, 6.07) is 13.8. The molecule has 1 aliphatic heterocycles. The van der Waals surface area contributed by atoms with Crippen LogP contribution in [0.15, 0.2) is 53.7 Å². The predicted molar refractivity (Wildman–Crippen MR) is 84.8 cm³/mol. The van der Waals surface area contributed by atoms with Gasteiger partial charge in [-0.1, -0.05) is 35.5 Å². The Labute approximate surface area is 132 Å². The van der Waals surface area contributed by atoms with E-state index >= 15 is 0 Å². The Kier molecular flexibility index (Phi) is 3.80. The number of oxime groups is 1. The zero-order valence-corrected chi connectivity index (χ0v) is 12.6. The highest BCUT2D eigenvalue weighted by molar-refractivity contribution is 6.54. The molecule has 3 rings (SSSR count). The van der Waals surface area contributed by atoms with Crippen LogP contribution in [0.1, 0.15) is 15.9 Å². The summed E-state index contributed by atoms with van der Waals surface area (Å²) in [6.07, 6.45) is 0. The molecule has 1 heterocycles. The highest BCUT2D eigenvalue weighted by Gasteiger charge is 2.32.